The molecule has 1 aliphatic heterocycles. The molecular formula is C20H29NO2. The lowest BCUT2D eigenvalue weighted by Crippen LogP contribution is -2.49. The van der Waals surface area contributed by atoms with Crippen molar-refractivity contribution >= 4 is 5.91 Å². The Morgan fingerprint density at radius 2 is 1.96 bits per heavy atom. The molecule has 1 aromatic carbocycles. The Morgan fingerprint density at radius 1 is 1.17 bits per heavy atom. The van der Waals surface area contributed by atoms with Crippen LogP contribution in [0, 0.1) is 12.8 Å². The smallest absolute Gasteiger partial charge is 0.222 e. The van der Waals surface area contributed by atoms with Crippen LogP contribution in [0.15, 0.2) is 24.3 Å². The molecule has 0 spiro atoms. The number of nitrogens with zero attached hydrogens (tertiary/aromatic N) is 1. The summed E-state index contributed by atoms with van der Waals surface area (Å²) in [6.45, 7) is 3.65. The number of likely N-dealkylation sites (tertiary alicyclic amines) is 1. The minimum atomic E-state index is 0.343. The number of aryl methyl sites for hydroxylation is 1. The van der Waals surface area contributed by atoms with Gasteiger partial charge in [-0.15, -0.1) is 0 Å². The molecule has 0 radical (unpaired) electrons. The van der Waals surface area contributed by atoms with Gasteiger partial charge < -0.3 is 9.64 Å². The molecular weight excluding hydrogens is 286 g/mol. The Balaban J connectivity index is 1.44. The normalized spacial score (nSPS) is 24.1. The van der Waals surface area contributed by atoms with Crippen molar-refractivity contribution in [1.29, 1.82) is 0 Å². The van der Waals surface area contributed by atoms with Crippen LogP contribution < -0.4 is 4.74 Å². The fourth-order valence-corrected chi connectivity index (χ4v) is 4.20. The van der Waals surface area contributed by atoms with Gasteiger partial charge in [-0.25, -0.2) is 0 Å². The average Bonchev–Trinajstić information content (AvgIpc) is 2.59. The first-order valence-electron chi connectivity index (χ1n) is 9.23. The van der Waals surface area contributed by atoms with E-state index in [0.717, 1.165) is 30.2 Å². The number of hydrogen-bond acceptors (Lipinski definition) is 2. The summed E-state index contributed by atoms with van der Waals surface area (Å²) in [7, 11) is 0. The first-order valence-corrected chi connectivity index (χ1v) is 9.23. The van der Waals surface area contributed by atoms with Gasteiger partial charge in [0.15, 0.2) is 0 Å². The molecule has 126 valence electrons. The van der Waals surface area contributed by atoms with Crippen LogP contribution in [0.5, 0.6) is 5.75 Å². The summed E-state index contributed by atoms with van der Waals surface area (Å²) in [6.07, 6.45) is 9.13. The molecule has 0 bridgehead atoms. The van der Waals surface area contributed by atoms with Gasteiger partial charge in [0, 0.05) is 19.0 Å². The fourth-order valence-electron chi connectivity index (χ4n) is 4.20. The highest BCUT2D eigenvalue weighted by molar-refractivity contribution is 5.76. The highest BCUT2D eigenvalue weighted by Crippen LogP contribution is 2.35. The van der Waals surface area contributed by atoms with Gasteiger partial charge >= 0.3 is 0 Å². The van der Waals surface area contributed by atoms with Crippen molar-refractivity contribution in [2.45, 2.75) is 64.3 Å². The molecule has 1 aromatic rings. The van der Waals surface area contributed by atoms with E-state index in [-0.39, 0.29) is 0 Å². The number of hydrogen-bond donors (Lipinski definition) is 0. The van der Waals surface area contributed by atoms with E-state index in [4.69, 9.17) is 4.74 Å². The van der Waals surface area contributed by atoms with Crippen LogP contribution in [0.25, 0.3) is 0 Å². The number of rotatable bonds is 5. The minimum absolute atomic E-state index is 0.343. The lowest BCUT2D eigenvalue weighted by molar-refractivity contribution is -0.137. The second-order valence-electron chi connectivity index (χ2n) is 7.06. The van der Waals surface area contributed by atoms with E-state index in [1.165, 1.54) is 38.5 Å². The number of para-hydroxylation sites is 1. The number of carbonyl (C=O) groups is 1. The first-order chi connectivity index (χ1) is 11.3. The van der Waals surface area contributed by atoms with Crippen LogP contribution in [0.1, 0.15) is 56.9 Å². The molecule has 3 rings (SSSR count). The highest BCUT2D eigenvalue weighted by Gasteiger charge is 2.35. The maximum absolute atomic E-state index is 12.6. The van der Waals surface area contributed by atoms with Gasteiger partial charge in [0.25, 0.3) is 0 Å². The standard InChI is InChI=1S/C20H29NO2/c1-16-8-2-5-12-19(16)23-15-7-13-20(22)21-14-6-10-17-9-3-4-11-18(17)21/h2,5,8,12,17-18H,3-4,6-7,9-11,13-15H2,1H3. The molecule has 3 heteroatoms. The van der Waals surface area contributed by atoms with E-state index in [1.54, 1.807) is 0 Å². The number of piperidine rings is 1. The van der Waals surface area contributed by atoms with Crippen LogP contribution in [-0.4, -0.2) is 30.0 Å². The van der Waals surface area contributed by atoms with E-state index < -0.39 is 0 Å². The van der Waals surface area contributed by atoms with Crippen molar-refractivity contribution in [3.8, 4) is 5.75 Å². The largest absolute Gasteiger partial charge is 0.493 e. The molecule has 0 aromatic heterocycles. The van der Waals surface area contributed by atoms with E-state index >= 15 is 0 Å². The summed E-state index contributed by atoms with van der Waals surface area (Å²) < 4.78 is 5.81. The summed E-state index contributed by atoms with van der Waals surface area (Å²) in [5.74, 6) is 2.05. The highest BCUT2D eigenvalue weighted by atomic mass is 16.5. The molecule has 23 heavy (non-hydrogen) atoms. The summed E-state index contributed by atoms with van der Waals surface area (Å²) in [5.41, 5.74) is 1.15. The summed E-state index contributed by atoms with van der Waals surface area (Å²) in [4.78, 5) is 14.8. The number of benzene rings is 1. The Kier molecular flexibility index (Phi) is 5.58. The van der Waals surface area contributed by atoms with Gasteiger partial charge in [0.05, 0.1) is 6.61 Å². The first kappa shape index (κ1) is 16.4. The van der Waals surface area contributed by atoms with Gasteiger partial charge in [-0.05, 0) is 56.6 Å². The predicted molar refractivity (Wildman–Crippen MR) is 92.6 cm³/mol. The second-order valence-corrected chi connectivity index (χ2v) is 7.06. The average molecular weight is 315 g/mol. The molecule has 0 N–H and O–H groups in total. The van der Waals surface area contributed by atoms with Crippen molar-refractivity contribution in [3.05, 3.63) is 29.8 Å². The van der Waals surface area contributed by atoms with Crippen LogP contribution in [0.3, 0.4) is 0 Å². The quantitative estimate of drug-likeness (QED) is 0.757. The molecule has 1 saturated carbocycles. The zero-order valence-corrected chi connectivity index (χ0v) is 14.3. The third-order valence-electron chi connectivity index (χ3n) is 5.45. The number of carbonyl (C=O) groups excluding carboxylic acids is 1. The zero-order valence-electron chi connectivity index (χ0n) is 14.3. The van der Waals surface area contributed by atoms with Crippen LogP contribution in [0.4, 0.5) is 0 Å². The van der Waals surface area contributed by atoms with Gasteiger partial charge in [-0.1, -0.05) is 31.0 Å². The van der Waals surface area contributed by atoms with Crippen molar-refractivity contribution < 1.29 is 9.53 Å². The SMILES string of the molecule is Cc1ccccc1OCCCC(=O)N1CCCC2CCCCC21. The summed E-state index contributed by atoms with van der Waals surface area (Å²) >= 11 is 0. The van der Waals surface area contributed by atoms with Crippen LogP contribution >= 0.6 is 0 Å². The topological polar surface area (TPSA) is 29.5 Å². The number of fused-ring (bicyclic) bond motifs is 1. The summed E-state index contributed by atoms with van der Waals surface area (Å²) in [5, 5.41) is 0. The van der Waals surface area contributed by atoms with Gasteiger partial charge in [0.2, 0.25) is 5.91 Å². The molecule has 2 atom stereocenters. The van der Waals surface area contributed by atoms with E-state index in [0.29, 0.717) is 25.0 Å². The lowest BCUT2D eigenvalue weighted by Gasteiger charge is -2.44. The number of ether oxygens (including phenoxy) is 1. The molecule has 2 unspecified atom stereocenters. The van der Waals surface area contributed by atoms with Crippen molar-refractivity contribution in [3.63, 3.8) is 0 Å². The van der Waals surface area contributed by atoms with Crippen molar-refractivity contribution in [2.75, 3.05) is 13.2 Å². The minimum Gasteiger partial charge on any atom is -0.493 e. The molecule has 2 aliphatic rings. The molecule has 1 aliphatic carbocycles. The van der Waals surface area contributed by atoms with Crippen molar-refractivity contribution in [2.24, 2.45) is 5.92 Å². The molecule has 3 nitrogen and oxygen atoms in total. The Bertz CT molecular complexity index is 526. The lowest BCUT2D eigenvalue weighted by atomic mass is 9.78. The fraction of sp³-hybridized carbons (Fsp3) is 0.650. The van der Waals surface area contributed by atoms with Gasteiger partial charge in [-0.2, -0.15) is 0 Å². The summed E-state index contributed by atoms with van der Waals surface area (Å²) in [6, 6.07) is 8.58. The predicted octanol–water partition coefficient (Wildman–Crippen LogP) is 4.34. The van der Waals surface area contributed by atoms with Crippen LogP contribution in [-0.2, 0) is 4.79 Å². The van der Waals surface area contributed by atoms with Gasteiger partial charge in [0.1, 0.15) is 5.75 Å². The molecule has 1 amide bonds. The Labute approximate surface area is 140 Å². The maximum atomic E-state index is 12.6. The van der Waals surface area contributed by atoms with Gasteiger partial charge in [-0.3, -0.25) is 4.79 Å². The zero-order chi connectivity index (χ0) is 16.1. The van der Waals surface area contributed by atoms with E-state index in [1.807, 2.05) is 18.2 Å². The second kappa shape index (κ2) is 7.85. The Hall–Kier alpha value is -1.51. The monoisotopic (exact) mass is 315 g/mol. The molecule has 1 saturated heterocycles. The van der Waals surface area contributed by atoms with Crippen LogP contribution in [0.2, 0.25) is 0 Å². The molecule has 2 fully saturated rings. The van der Waals surface area contributed by atoms with E-state index in [9.17, 15) is 4.79 Å². The maximum Gasteiger partial charge on any atom is 0.222 e. The number of amides is 1. The third kappa shape index (κ3) is 4.07. The molecule has 1 heterocycles. The van der Waals surface area contributed by atoms with E-state index in [2.05, 4.69) is 17.9 Å². The Morgan fingerprint density at radius 3 is 2.83 bits per heavy atom. The van der Waals surface area contributed by atoms with Crippen molar-refractivity contribution in [1.82, 2.24) is 4.90 Å². The third-order valence-corrected chi connectivity index (χ3v) is 5.45.